The molecule has 1 aromatic rings. The molecule has 0 aliphatic heterocycles. The molecule has 0 radical (unpaired) electrons. The highest BCUT2D eigenvalue weighted by molar-refractivity contribution is 7.88. The van der Waals surface area contributed by atoms with Gasteiger partial charge in [0.1, 0.15) is 0 Å². The van der Waals surface area contributed by atoms with Crippen LogP contribution in [0.4, 0.5) is 0 Å². The Balaban J connectivity index is 2.75. The molecule has 0 amide bonds. The van der Waals surface area contributed by atoms with Gasteiger partial charge in [-0.25, -0.2) is 8.42 Å². The second kappa shape index (κ2) is 7.73. The molecular weight excluding hydrogens is 276 g/mol. The molecule has 1 N–H and O–H groups in total. The lowest BCUT2D eigenvalue weighted by atomic mass is 10.1. The van der Waals surface area contributed by atoms with Gasteiger partial charge in [0, 0.05) is 26.7 Å². The van der Waals surface area contributed by atoms with Crippen LogP contribution in [0.5, 0.6) is 0 Å². The number of nitrogens with one attached hydrogen (secondary N) is 1. The number of ether oxygens (including phenoxy) is 1. The predicted molar refractivity (Wildman–Crippen MR) is 80.9 cm³/mol. The Bertz CT molecular complexity index is 500. The van der Waals surface area contributed by atoms with Crippen LogP contribution in [0.3, 0.4) is 0 Å². The molecule has 5 nitrogen and oxygen atoms in total. The van der Waals surface area contributed by atoms with Gasteiger partial charge in [0.15, 0.2) is 0 Å². The normalized spacial score (nSPS) is 13.7. The molecule has 0 bridgehead atoms. The van der Waals surface area contributed by atoms with Gasteiger partial charge in [-0.2, -0.15) is 4.31 Å². The molecule has 114 valence electrons. The van der Waals surface area contributed by atoms with E-state index in [4.69, 9.17) is 4.74 Å². The van der Waals surface area contributed by atoms with E-state index >= 15 is 0 Å². The number of sulfonamides is 1. The Labute approximate surface area is 122 Å². The van der Waals surface area contributed by atoms with E-state index < -0.39 is 10.0 Å². The van der Waals surface area contributed by atoms with Gasteiger partial charge in [-0.05, 0) is 25.1 Å². The van der Waals surface area contributed by atoms with Crippen molar-refractivity contribution in [3.63, 3.8) is 0 Å². The molecule has 0 fully saturated rings. The van der Waals surface area contributed by atoms with E-state index in [9.17, 15) is 8.42 Å². The van der Waals surface area contributed by atoms with E-state index in [1.165, 1.54) is 4.31 Å². The first-order valence-electron chi connectivity index (χ1n) is 6.57. The van der Waals surface area contributed by atoms with Crippen LogP contribution in [-0.4, -0.2) is 46.6 Å². The third-order valence-electron chi connectivity index (χ3n) is 3.22. The summed E-state index contributed by atoms with van der Waals surface area (Å²) in [5, 5.41) is 3.06. The zero-order valence-corrected chi connectivity index (χ0v) is 13.4. The number of rotatable bonds is 8. The summed E-state index contributed by atoms with van der Waals surface area (Å²) in [6.45, 7) is 2.99. The summed E-state index contributed by atoms with van der Waals surface area (Å²) in [4.78, 5) is 0. The lowest BCUT2D eigenvalue weighted by molar-refractivity contribution is 0.149. The zero-order chi connectivity index (χ0) is 15.2. The van der Waals surface area contributed by atoms with Crippen molar-refractivity contribution in [2.75, 3.05) is 27.8 Å². The van der Waals surface area contributed by atoms with Gasteiger partial charge < -0.3 is 10.1 Å². The molecule has 6 heteroatoms. The highest BCUT2D eigenvalue weighted by Gasteiger charge is 2.23. The fourth-order valence-electron chi connectivity index (χ4n) is 1.89. The summed E-state index contributed by atoms with van der Waals surface area (Å²) in [5.74, 6) is 0.0113. The van der Waals surface area contributed by atoms with Gasteiger partial charge in [0.2, 0.25) is 10.0 Å². The highest BCUT2D eigenvalue weighted by atomic mass is 32.2. The topological polar surface area (TPSA) is 58.6 Å². The molecule has 0 aliphatic carbocycles. The Morgan fingerprint density at radius 2 is 1.80 bits per heavy atom. The average molecular weight is 300 g/mol. The Kier molecular flexibility index (Phi) is 6.61. The fraction of sp³-hybridized carbons (Fsp3) is 0.571. The van der Waals surface area contributed by atoms with E-state index in [2.05, 4.69) is 5.32 Å². The van der Waals surface area contributed by atoms with Crippen molar-refractivity contribution in [1.82, 2.24) is 9.62 Å². The first kappa shape index (κ1) is 17.1. The van der Waals surface area contributed by atoms with Crippen LogP contribution >= 0.6 is 0 Å². The molecule has 0 saturated heterocycles. The number of methoxy groups -OCH3 is 1. The lowest BCUT2D eigenvalue weighted by Crippen LogP contribution is -2.38. The highest BCUT2D eigenvalue weighted by Crippen LogP contribution is 2.13. The van der Waals surface area contributed by atoms with Crippen LogP contribution < -0.4 is 5.32 Å². The molecule has 1 unspecified atom stereocenters. The molecule has 0 heterocycles. The van der Waals surface area contributed by atoms with Crippen molar-refractivity contribution in [3.05, 3.63) is 35.4 Å². The molecule has 0 saturated carbocycles. The van der Waals surface area contributed by atoms with Crippen molar-refractivity contribution in [1.29, 1.82) is 0 Å². The SMILES string of the molecule is CNCc1ccc(CS(=O)(=O)N(C)C(C)COC)cc1. The van der Waals surface area contributed by atoms with E-state index in [1.54, 1.807) is 14.2 Å². The third-order valence-corrected chi connectivity index (χ3v) is 5.16. The Morgan fingerprint density at radius 1 is 1.25 bits per heavy atom. The summed E-state index contributed by atoms with van der Waals surface area (Å²) in [7, 11) is 1.72. The minimum atomic E-state index is -3.32. The van der Waals surface area contributed by atoms with E-state index in [-0.39, 0.29) is 11.8 Å². The maximum absolute atomic E-state index is 12.3. The van der Waals surface area contributed by atoms with Gasteiger partial charge in [0.25, 0.3) is 0 Å². The lowest BCUT2D eigenvalue weighted by Gasteiger charge is -2.23. The number of benzene rings is 1. The first-order valence-corrected chi connectivity index (χ1v) is 8.18. The molecule has 1 rings (SSSR count). The van der Waals surface area contributed by atoms with Crippen LogP contribution in [0.25, 0.3) is 0 Å². The maximum Gasteiger partial charge on any atom is 0.218 e. The molecule has 20 heavy (non-hydrogen) atoms. The molecule has 0 aliphatic rings. The van der Waals surface area contributed by atoms with Crippen LogP contribution in [-0.2, 0) is 27.1 Å². The minimum Gasteiger partial charge on any atom is -0.383 e. The number of hydrogen-bond donors (Lipinski definition) is 1. The third kappa shape index (κ3) is 4.86. The van der Waals surface area contributed by atoms with Gasteiger partial charge in [-0.3, -0.25) is 0 Å². The fourth-order valence-corrected chi connectivity index (χ4v) is 3.32. The van der Waals surface area contributed by atoms with E-state index in [1.807, 2.05) is 38.2 Å². The van der Waals surface area contributed by atoms with E-state index in [0.717, 1.165) is 17.7 Å². The molecule has 0 spiro atoms. The van der Waals surface area contributed by atoms with Crippen molar-refractivity contribution in [2.45, 2.75) is 25.3 Å². The Morgan fingerprint density at radius 3 is 2.30 bits per heavy atom. The average Bonchev–Trinajstić information content (AvgIpc) is 2.40. The maximum atomic E-state index is 12.3. The number of nitrogens with zero attached hydrogens (tertiary/aromatic N) is 1. The largest absolute Gasteiger partial charge is 0.383 e. The van der Waals surface area contributed by atoms with Gasteiger partial charge in [-0.1, -0.05) is 24.3 Å². The zero-order valence-electron chi connectivity index (χ0n) is 12.6. The van der Waals surface area contributed by atoms with Gasteiger partial charge >= 0.3 is 0 Å². The molecule has 1 aromatic carbocycles. The molecule has 1 atom stereocenters. The first-order chi connectivity index (χ1) is 9.40. The predicted octanol–water partition coefficient (Wildman–Crippen LogP) is 1.20. The standard InChI is InChI=1S/C14H24N2O3S/c1-12(10-19-4)16(3)20(17,18)11-14-7-5-13(6-8-14)9-15-2/h5-8,12,15H,9-11H2,1-4H3. The van der Waals surface area contributed by atoms with Crippen molar-refractivity contribution >= 4 is 10.0 Å². The molecule has 0 aromatic heterocycles. The van der Waals surface area contributed by atoms with Crippen LogP contribution in [0, 0.1) is 0 Å². The Hall–Kier alpha value is -0.950. The second-order valence-corrected chi connectivity index (χ2v) is 6.95. The quantitative estimate of drug-likeness (QED) is 0.784. The van der Waals surface area contributed by atoms with Crippen molar-refractivity contribution < 1.29 is 13.2 Å². The number of hydrogen-bond acceptors (Lipinski definition) is 4. The van der Waals surface area contributed by atoms with Crippen LogP contribution in [0.2, 0.25) is 0 Å². The monoisotopic (exact) mass is 300 g/mol. The summed E-state index contributed by atoms with van der Waals surface area (Å²) in [5.41, 5.74) is 1.93. The van der Waals surface area contributed by atoms with Gasteiger partial charge in [0.05, 0.1) is 12.4 Å². The second-order valence-electron chi connectivity index (χ2n) is 4.92. The van der Waals surface area contributed by atoms with Crippen LogP contribution in [0.1, 0.15) is 18.1 Å². The summed E-state index contributed by atoms with van der Waals surface area (Å²) in [6.07, 6.45) is 0. The van der Waals surface area contributed by atoms with Crippen LogP contribution in [0.15, 0.2) is 24.3 Å². The van der Waals surface area contributed by atoms with Crippen molar-refractivity contribution in [3.8, 4) is 0 Å². The summed E-state index contributed by atoms with van der Waals surface area (Å²) < 4.78 is 30.9. The smallest absolute Gasteiger partial charge is 0.218 e. The van der Waals surface area contributed by atoms with Gasteiger partial charge in [-0.15, -0.1) is 0 Å². The molecular formula is C14H24N2O3S. The van der Waals surface area contributed by atoms with Crippen molar-refractivity contribution in [2.24, 2.45) is 0 Å². The minimum absolute atomic E-state index is 0.0113. The summed E-state index contributed by atoms with van der Waals surface area (Å²) >= 11 is 0. The van der Waals surface area contributed by atoms with E-state index in [0.29, 0.717) is 6.61 Å². The summed E-state index contributed by atoms with van der Waals surface area (Å²) in [6, 6.07) is 7.44. The number of likely N-dealkylation sites (N-methyl/N-ethyl adjacent to an activating group) is 1.